The van der Waals surface area contributed by atoms with Crippen molar-refractivity contribution in [2.75, 3.05) is 5.32 Å². The third-order valence-corrected chi connectivity index (χ3v) is 4.59. The van der Waals surface area contributed by atoms with E-state index in [4.69, 9.17) is 0 Å². The number of nitrogens with zero attached hydrogens (tertiary/aromatic N) is 1. The fourth-order valence-corrected chi connectivity index (χ4v) is 3.30. The average molecular weight is 285 g/mol. The van der Waals surface area contributed by atoms with Crippen molar-refractivity contribution >= 4 is 11.7 Å². The smallest absolute Gasteiger partial charge is 0.226 e. The molecule has 2 heterocycles. The molecule has 1 aromatic heterocycles. The maximum absolute atomic E-state index is 13.5. The third-order valence-electron chi connectivity index (χ3n) is 4.59. The van der Waals surface area contributed by atoms with Crippen molar-refractivity contribution in [2.24, 2.45) is 0 Å². The fraction of sp³-hybridized carbons (Fsp3) is 0.375. The first kappa shape index (κ1) is 12.6. The van der Waals surface area contributed by atoms with E-state index in [1.165, 1.54) is 18.6 Å². The standard InChI is InChI=1S/C16H16FN3O/c17-11-6-2-5-10(7-11)12-8-13(21)18-16-14(12)15(19-20-16)9-3-1-4-9/h2,5-7,9,12H,1,3-4,8H2,(H2,18,19,20,21). The number of carbonyl (C=O) groups is 1. The molecule has 0 radical (unpaired) electrons. The number of aromatic amines is 1. The van der Waals surface area contributed by atoms with E-state index >= 15 is 0 Å². The molecule has 4 rings (SSSR count). The van der Waals surface area contributed by atoms with E-state index in [-0.39, 0.29) is 17.6 Å². The normalized spacial score (nSPS) is 21.6. The van der Waals surface area contributed by atoms with Crippen molar-refractivity contribution in [1.82, 2.24) is 10.2 Å². The summed E-state index contributed by atoms with van der Waals surface area (Å²) < 4.78 is 13.5. The summed E-state index contributed by atoms with van der Waals surface area (Å²) in [5.74, 6) is 0.658. The first-order valence-electron chi connectivity index (χ1n) is 7.36. The zero-order valence-electron chi connectivity index (χ0n) is 11.5. The minimum absolute atomic E-state index is 0.0663. The Hall–Kier alpha value is -2.17. The van der Waals surface area contributed by atoms with Crippen molar-refractivity contribution in [1.29, 1.82) is 0 Å². The molecular formula is C16H16FN3O. The van der Waals surface area contributed by atoms with Crippen LogP contribution in [0, 0.1) is 5.82 Å². The molecule has 1 saturated carbocycles. The number of halogens is 1. The van der Waals surface area contributed by atoms with E-state index in [1.54, 1.807) is 6.07 Å². The molecule has 1 fully saturated rings. The molecule has 1 aromatic carbocycles. The van der Waals surface area contributed by atoms with Crippen LogP contribution >= 0.6 is 0 Å². The lowest BCUT2D eigenvalue weighted by Gasteiger charge is -2.29. The molecule has 1 aliphatic carbocycles. The van der Waals surface area contributed by atoms with E-state index in [9.17, 15) is 9.18 Å². The molecule has 0 saturated heterocycles. The molecule has 2 aromatic rings. The Morgan fingerprint density at radius 2 is 2.14 bits per heavy atom. The average Bonchev–Trinajstić information content (AvgIpc) is 2.79. The Labute approximate surface area is 121 Å². The van der Waals surface area contributed by atoms with Crippen molar-refractivity contribution in [3.63, 3.8) is 0 Å². The molecule has 0 spiro atoms. The lowest BCUT2D eigenvalue weighted by atomic mass is 9.77. The van der Waals surface area contributed by atoms with Gasteiger partial charge in [-0.15, -0.1) is 0 Å². The molecule has 4 nitrogen and oxygen atoms in total. The second-order valence-corrected chi connectivity index (χ2v) is 5.89. The van der Waals surface area contributed by atoms with Crippen LogP contribution in [0.15, 0.2) is 24.3 Å². The lowest BCUT2D eigenvalue weighted by Crippen LogP contribution is -2.24. The van der Waals surface area contributed by atoms with Gasteiger partial charge in [-0.25, -0.2) is 4.39 Å². The summed E-state index contributed by atoms with van der Waals surface area (Å²) in [6.07, 6.45) is 3.88. The minimum atomic E-state index is -0.270. The summed E-state index contributed by atoms with van der Waals surface area (Å²) in [5, 5.41) is 10.2. The van der Waals surface area contributed by atoms with Crippen LogP contribution in [0.25, 0.3) is 0 Å². The molecule has 2 N–H and O–H groups in total. The number of anilines is 1. The molecular weight excluding hydrogens is 269 g/mol. The molecule has 0 bridgehead atoms. The summed E-state index contributed by atoms with van der Waals surface area (Å²) in [4.78, 5) is 11.9. The van der Waals surface area contributed by atoms with Gasteiger partial charge in [0.2, 0.25) is 5.91 Å². The molecule has 1 atom stereocenters. The van der Waals surface area contributed by atoms with Gasteiger partial charge in [0.15, 0.2) is 5.82 Å². The quantitative estimate of drug-likeness (QED) is 0.889. The van der Waals surface area contributed by atoms with Gasteiger partial charge in [-0.3, -0.25) is 9.89 Å². The van der Waals surface area contributed by atoms with E-state index in [0.717, 1.165) is 29.7 Å². The Bertz CT molecular complexity index is 705. The zero-order chi connectivity index (χ0) is 14.4. The Morgan fingerprint density at radius 3 is 2.86 bits per heavy atom. The van der Waals surface area contributed by atoms with E-state index in [1.807, 2.05) is 6.07 Å². The number of aromatic nitrogens is 2. The first-order valence-corrected chi connectivity index (χ1v) is 7.36. The van der Waals surface area contributed by atoms with Gasteiger partial charge in [0, 0.05) is 29.5 Å². The highest BCUT2D eigenvalue weighted by atomic mass is 19.1. The highest BCUT2D eigenvalue weighted by molar-refractivity contribution is 5.94. The molecule has 5 heteroatoms. The number of amides is 1. The number of H-pyrrole nitrogens is 1. The van der Waals surface area contributed by atoms with Gasteiger partial charge in [0.05, 0.1) is 0 Å². The number of hydrogen-bond acceptors (Lipinski definition) is 2. The molecule has 2 aliphatic rings. The van der Waals surface area contributed by atoms with Gasteiger partial charge in [-0.1, -0.05) is 18.6 Å². The minimum Gasteiger partial charge on any atom is -0.309 e. The number of fused-ring (bicyclic) bond motifs is 1. The molecule has 21 heavy (non-hydrogen) atoms. The summed E-state index contributed by atoms with van der Waals surface area (Å²) in [6.45, 7) is 0. The van der Waals surface area contributed by atoms with Crippen LogP contribution in [0.1, 0.15) is 54.3 Å². The predicted molar refractivity (Wildman–Crippen MR) is 76.7 cm³/mol. The Balaban J connectivity index is 1.82. The van der Waals surface area contributed by atoms with Crippen LogP contribution in [-0.2, 0) is 4.79 Å². The highest BCUT2D eigenvalue weighted by Gasteiger charge is 2.35. The largest absolute Gasteiger partial charge is 0.309 e. The predicted octanol–water partition coefficient (Wildman–Crippen LogP) is 3.29. The van der Waals surface area contributed by atoms with Gasteiger partial charge in [0.1, 0.15) is 5.82 Å². The van der Waals surface area contributed by atoms with Crippen molar-refractivity contribution in [3.05, 3.63) is 46.9 Å². The van der Waals surface area contributed by atoms with Crippen LogP contribution in [0.5, 0.6) is 0 Å². The lowest BCUT2D eigenvalue weighted by molar-refractivity contribution is -0.116. The molecule has 1 unspecified atom stereocenters. The van der Waals surface area contributed by atoms with E-state index in [2.05, 4.69) is 15.5 Å². The van der Waals surface area contributed by atoms with E-state index < -0.39 is 0 Å². The maximum Gasteiger partial charge on any atom is 0.226 e. The Morgan fingerprint density at radius 1 is 1.29 bits per heavy atom. The molecule has 108 valence electrons. The van der Waals surface area contributed by atoms with Crippen LogP contribution in [0.3, 0.4) is 0 Å². The van der Waals surface area contributed by atoms with Gasteiger partial charge >= 0.3 is 0 Å². The van der Waals surface area contributed by atoms with Gasteiger partial charge in [0.25, 0.3) is 0 Å². The number of benzene rings is 1. The van der Waals surface area contributed by atoms with Crippen molar-refractivity contribution in [2.45, 2.75) is 37.5 Å². The topological polar surface area (TPSA) is 57.8 Å². The second kappa shape index (κ2) is 4.69. The number of carbonyl (C=O) groups excluding carboxylic acids is 1. The van der Waals surface area contributed by atoms with Crippen molar-refractivity contribution < 1.29 is 9.18 Å². The molecule has 1 aliphatic heterocycles. The monoisotopic (exact) mass is 285 g/mol. The Kier molecular flexibility index (Phi) is 2.80. The van der Waals surface area contributed by atoms with Gasteiger partial charge in [-0.2, -0.15) is 5.10 Å². The van der Waals surface area contributed by atoms with E-state index in [0.29, 0.717) is 18.2 Å². The zero-order valence-corrected chi connectivity index (χ0v) is 11.5. The summed E-state index contributed by atoms with van der Waals surface area (Å²) >= 11 is 0. The summed E-state index contributed by atoms with van der Waals surface area (Å²) in [6, 6.07) is 6.52. The van der Waals surface area contributed by atoms with Crippen molar-refractivity contribution in [3.8, 4) is 0 Å². The molecule has 1 amide bonds. The van der Waals surface area contributed by atoms with Gasteiger partial charge in [-0.05, 0) is 30.5 Å². The van der Waals surface area contributed by atoms with Crippen LogP contribution in [0.2, 0.25) is 0 Å². The number of hydrogen-bond donors (Lipinski definition) is 2. The first-order chi connectivity index (χ1) is 10.2. The number of nitrogens with one attached hydrogen (secondary N) is 2. The second-order valence-electron chi connectivity index (χ2n) is 5.89. The number of rotatable bonds is 2. The fourth-order valence-electron chi connectivity index (χ4n) is 3.30. The third kappa shape index (κ3) is 2.04. The maximum atomic E-state index is 13.5. The van der Waals surface area contributed by atoms with Crippen LogP contribution in [0.4, 0.5) is 10.2 Å². The SMILES string of the molecule is O=C1CC(c2cccc(F)c2)c2c(n[nH]c2C2CCC2)N1. The van der Waals surface area contributed by atoms with Crippen LogP contribution < -0.4 is 5.32 Å². The van der Waals surface area contributed by atoms with Crippen LogP contribution in [-0.4, -0.2) is 16.1 Å². The summed E-state index contributed by atoms with van der Waals surface area (Å²) in [5.41, 5.74) is 3.00. The summed E-state index contributed by atoms with van der Waals surface area (Å²) in [7, 11) is 0. The van der Waals surface area contributed by atoms with Gasteiger partial charge < -0.3 is 5.32 Å². The highest BCUT2D eigenvalue weighted by Crippen LogP contribution is 2.45.